The lowest BCUT2D eigenvalue weighted by Crippen LogP contribution is -2.57. The van der Waals surface area contributed by atoms with Gasteiger partial charge in [-0.25, -0.2) is 4.79 Å². The number of hydrogen-bond donors (Lipinski definition) is 0. The van der Waals surface area contributed by atoms with Crippen LogP contribution in [-0.4, -0.2) is 59.8 Å². The third kappa shape index (κ3) is 1.87. The first-order chi connectivity index (χ1) is 11.0. The molecule has 3 atom stereocenters. The van der Waals surface area contributed by atoms with Crippen LogP contribution in [0, 0.1) is 22.7 Å². The molecule has 2 aliphatic carbocycles. The number of fused-ring (bicyclic) bond motifs is 2. The van der Waals surface area contributed by atoms with Gasteiger partial charge in [0.05, 0.1) is 0 Å². The van der Waals surface area contributed by atoms with E-state index in [0.29, 0.717) is 0 Å². The van der Waals surface area contributed by atoms with E-state index in [0.717, 1.165) is 22.6 Å². The van der Waals surface area contributed by atoms with Crippen LogP contribution in [0.25, 0.3) is 0 Å². The van der Waals surface area contributed by atoms with Gasteiger partial charge < -0.3 is 0 Å². The van der Waals surface area contributed by atoms with Gasteiger partial charge in [-0.3, -0.25) is 29.2 Å². The Labute approximate surface area is 141 Å². The van der Waals surface area contributed by atoms with Gasteiger partial charge in [0, 0.05) is 25.7 Å². The fourth-order valence-corrected chi connectivity index (χ4v) is 4.45. The highest BCUT2D eigenvalue weighted by Crippen LogP contribution is 2.64. The zero-order valence-electron chi connectivity index (χ0n) is 14.7. The van der Waals surface area contributed by atoms with E-state index >= 15 is 0 Å². The summed E-state index contributed by atoms with van der Waals surface area (Å²) in [7, 11) is 2.67. The van der Waals surface area contributed by atoms with Crippen LogP contribution in [0.15, 0.2) is 4.99 Å². The van der Waals surface area contributed by atoms with Gasteiger partial charge in [0.2, 0.25) is 11.8 Å². The molecular weight excluding hydrogens is 310 g/mol. The van der Waals surface area contributed by atoms with Crippen molar-refractivity contribution >= 4 is 29.8 Å². The highest BCUT2D eigenvalue weighted by atomic mass is 16.2. The van der Waals surface area contributed by atoms with Gasteiger partial charge in [-0.05, 0) is 24.2 Å². The van der Waals surface area contributed by atoms with Crippen LogP contribution in [0.4, 0.5) is 4.79 Å². The number of carbonyl (C=O) groups excluding carboxylic acids is 4. The minimum absolute atomic E-state index is 0.0912. The number of aliphatic imine (C=N–C) groups is 1. The van der Waals surface area contributed by atoms with E-state index in [1.54, 1.807) is 0 Å². The first-order valence-corrected chi connectivity index (χ1v) is 8.20. The van der Waals surface area contributed by atoms with Crippen molar-refractivity contribution in [2.24, 2.45) is 27.7 Å². The molecule has 0 aromatic heterocycles. The summed E-state index contributed by atoms with van der Waals surface area (Å²) in [4.78, 5) is 55.1. The van der Waals surface area contributed by atoms with Crippen LogP contribution in [-0.2, 0) is 14.4 Å². The smallest absolute Gasteiger partial charge is 0.297 e. The molecule has 1 heterocycles. The number of hydrogen-bond acceptors (Lipinski definition) is 5. The maximum Gasteiger partial charge on any atom is 0.332 e. The van der Waals surface area contributed by atoms with Crippen LogP contribution in [0.3, 0.4) is 0 Å². The lowest BCUT2D eigenvalue weighted by Gasteiger charge is -2.31. The number of barbiturate groups is 1. The van der Waals surface area contributed by atoms with Crippen molar-refractivity contribution < 1.29 is 19.2 Å². The minimum Gasteiger partial charge on any atom is -0.297 e. The van der Waals surface area contributed by atoms with Crippen LogP contribution in [0.5, 0.6) is 0 Å². The van der Waals surface area contributed by atoms with Crippen molar-refractivity contribution in [3.63, 3.8) is 0 Å². The fourth-order valence-electron chi connectivity index (χ4n) is 4.45. The van der Waals surface area contributed by atoms with E-state index in [2.05, 4.69) is 18.8 Å². The molecule has 7 nitrogen and oxygen atoms in total. The van der Waals surface area contributed by atoms with Gasteiger partial charge >= 0.3 is 6.03 Å². The summed E-state index contributed by atoms with van der Waals surface area (Å²) in [5.41, 5.74) is -0.542. The van der Waals surface area contributed by atoms with Crippen molar-refractivity contribution in [2.45, 2.75) is 39.7 Å². The molecule has 0 aromatic carbocycles. The molecule has 0 aromatic rings. The molecule has 1 saturated heterocycles. The maximum atomic E-state index is 12.8. The molecule has 0 radical (unpaired) electrons. The molecule has 24 heavy (non-hydrogen) atoms. The number of carbonyl (C=O) groups is 4. The third-order valence-electron chi connectivity index (χ3n) is 6.66. The molecule has 0 unspecified atom stereocenters. The molecule has 130 valence electrons. The first kappa shape index (κ1) is 16.8. The van der Waals surface area contributed by atoms with E-state index in [1.807, 2.05) is 6.92 Å². The van der Waals surface area contributed by atoms with Crippen molar-refractivity contribution in [1.29, 1.82) is 0 Å². The quantitative estimate of drug-likeness (QED) is 0.559. The Balaban J connectivity index is 1.87. The Kier molecular flexibility index (Phi) is 3.48. The van der Waals surface area contributed by atoms with Gasteiger partial charge in [-0.15, -0.1) is 0 Å². The Bertz CT molecular complexity index is 659. The van der Waals surface area contributed by atoms with E-state index in [1.165, 1.54) is 20.3 Å². The normalized spacial score (nSPS) is 36.5. The van der Waals surface area contributed by atoms with Crippen molar-refractivity contribution in [1.82, 2.24) is 9.80 Å². The molecule has 0 N–H and O–H groups in total. The molecule has 4 amide bonds. The summed E-state index contributed by atoms with van der Waals surface area (Å²) in [6.45, 7) is 6.17. The summed E-state index contributed by atoms with van der Waals surface area (Å²) >= 11 is 0. The highest BCUT2D eigenvalue weighted by Gasteiger charge is 2.66. The van der Waals surface area contributed by atoms with E-state index in [9.17, 15) is 19.2 Å². The Morgan fingerprint density at radius 3 is 2.04 bits per heavy atom. The van der Waals surface area contributed by atoms with Crippen LogP contribution < -0.4 is 0 Å². The summed E-state index contributed by atoms with van der Waals surface area (Å²) in [5.74, 6) is -2.13. The number of rotatable bonds is 2. The number of Topliss-reactive ketones (excluding diaryl/α,β-unsaturated/α-hetero) is 1. The van der Waals surface area contributed by atoms with Gasteiger partial charge in [-0.2, -0.15) is 0 Å². The lowest BCUT2D eigenvalue weighted by molar-refractivity contribution is -0.144. The molecular formula is C17H23N3O4. The zero-order valence-corrected chi connectivity index (χ0v) is 14.7. The molecule has 3 aliphatic rings. The number of ketones is 1. The summed E-state index contributed by atoms with van der Waals surface area (Å²) in [5, 5.41) is 0. The molecule has 3 rings (SSSR count). The third-order valence-corrected chi connectivity index (χ3v) is 6.66. The predicted octanol–water partition coefficient (Wildman–Crippen LogP) is 1.12. The zero-order chi connectivity index (χ0) is 18.0. The van der Waals surface area contributed by atoms with Crippen LogP contribution in [0.1, 0.15) is 33.6 Å². The Morgan fingerprint density at radius 1 is 1.04 bits per heavy atom. The van der Waals surface area contributed by atoms with E-state index < -0.39 is 35.2 Å². The van der Waals surface area contributed by atoms with Crippen molar-refractivity contribution in [2.75, 3.05) is 14.1 Å². The highest BCUT2D eigenvalue weighted by molar-refractivity contribution is 6.23. The van der Waals surface area contributed by atoms with E-state index in [4.69, 9.17) is 0 Å². The summed E-state index contributed by atoms with van der Waals surface area (Å²) in [6.07, 6.45) is 3.05. The number of urea groups is 1. The Morgan fingerprint density at radius 2 is 1.58 bits per heavy atom. The topological polar surface area (TPSA) is 87.1 Å². The molecule has 2 bridgehead atoms. The summed E-state index contributed by atoms with van der Waals surface area (Å²) < 4.78 is 0. The second kappa shape index (κ2) is 4.97. The number of imide groups is 2. The second-order valence-electron chi connectivity index (χ2n) is 7.86. The van der Waals surface area contributed by atoms with E-state index in [-0.39, 0.29) is 17.1 Å². The van der Waals surface area contributed by atoms with Gasteiger partial charge in [-0.1, -0.05) is 20.8 Å². The average Bonchev–Trinajstić information content (AvgIpc) is 2.84. The first-order valence-electron chi connectivity index (χ1n) is 8.20. The average molecular weight is 333 g/mol. The SMILES string of the molecule is CN1C(=O)C(C=N[C@@H]2C(=O)[C@]3(C)CC[C@H]2C3(C)C)C(=O)N(C)C1=O. The maximum absolute atomic E-state index is 12.8. The lowest BCUT2D eigenvalue weighted by atomic mass is 9.70. The monoisotopic (exact) mass is 333 g/mol. The van der Waals surface area contributed by atoms with Crippen LogP contribution in [0.2, 0.25) is 0 Å². The standard InChI is InChI=1S/C17H23N3O4/c1-16(2)10-6-7-17(16,3)12(21)11(10)18-8-9-13(22)19(4)15(24)20(5)14(9)23/h8-11H,6-7H2,1-5H3/t10-,11+,17+/m1/s1. The summed E-state index contributed by atoms with van der Waals surface area (Å²) in [6, 6.07) is -1.16. The molecule has 1 aliphatic heterocycles. The minimum atomic E-state index is -1.14. The van der Waals surface area contributed by atoms with Crippen molar-refractivity contribution in [3.8, 4) is 0 Å². The molecule has 2 saturated carbocycles. The largest absolute Gasteiger partial charge is 0.332 e. The van der Waals surface area contributed by atoms with Gasteiger partial charge in [0.25, 0.3) is 0 Å². The second-order valence-corrected chi connectivity index (χ2v) is 7.86. The fraction of sp³-hybridized carbons (Fsp3) is 0.706. The van der Waals surface area contributed by atoms with Gasteiger partial charge in [0.1, 0.15) is 6.04 Å². The Hall–Kier alpha value is -2.05. The van der Waals surface area contributed by atoms with Crippen molar-refractivity contribution in [3.05, 3.63) is 0 Å². The van der Waals surface area contributed by atoms with Gasteiger partial charge in [0.15, 0.2) is 11.7 Å². The van der Waals surface area contributed by atoms with Crippen LogP contribution >= 0.6 is 0 Å². The number of amides is 4. The molecule has 3 fully saturated rings. The number of nitrogens with zero attached hydrogens (tertiary/aromatic N) is 3. The predicted molar refractivity (Wildman–Crippen MR) is 86.3 cm³/mol. The molecule has 7 heteroatoms. The molecule has 0 spiro atoms.